The van der Waals surface area contributed by atoms with Gasteiger partial charge >= 0.3 is 0 Å². The summed E-state index contributed by atoms with van der Waals surface area (Å²) in [7, 11) is 0. The molecule has 0 saturated carbocycles. The predicted octanol–water partition coefficient (Wildman–Crippen LogP) is 1.38. The molecule has 1 aromatic rings. The van der Waals surface area contributed by atoms with Gasteiger partial charge in [0.1, 0.15) is 5.75 Å². The van der Waals surface area contributed by atoms with Crippen LogP contribution in [-0.2, 0) is 6.54 Å². The van der Waals surface area contributed by atoms with E-state index in [9.17, 15) is 5.11 Å². The minimum Gasteiger partial charge on any atom is -0.506 e. The second kappa shape index (κ2) is 3.75. The molecule has 1 saturated heterocycles. The molecule has 1 aliphatic heterocycles. The Hall–Kier alpha value is -1.09. The first-order valence-electron chi connectivity index (χ1n) is 4.70. The van der Waals surface area contributed by atoms with Crippen molar-refractivity contribution in [3.8, 4) is 5.75 Å². The van der Waals surface area contributed by atoms with Gasteiger partial charge in [-0.15, -0.1) is 0 Å². The molecular weight excluding hydrogens is 164 g/mol. The van der Waals surface area contributed by atoms with Crippen LogP contribution in [0.15, 0.2) is 18.5 Å². The van der Waals surface area contributed by atoms with Gasteiger partial charge in [0.15, 0.2) is 0 Å². The molecule has 0 unspecified atom stereocenters. The standard InChI is InChI=1S/C10H14N2O/c13-10-5-9(6-11-7-10)8-12-3-1-2-4-12/h5-7,13H,1-4,8H2. The van der Waals surface area contributed by atoms with Crippen LogP contribution in [0.3, 0.4) is 0 Å². The van der Waals surface area contributed by atoms with Gasteiger partial charge in [-0.2, -0.15) is 0 Å². The normalized spacial score (nSPS) is 17.8. The van der Waals surface area contributed by atoms with Crippen molar-refractivity contribution in [3.05, 3.63) is 24.0 Å². The van der Waals surface area contributed by atoms with Crippen molar-refractivity contribution < 1.29 is 5.11 Å². The Kier molecular flexibility index (Phi) is 2.45. The Morgan fingerprint density at radius 2 is 2.08 bits per heavy atom. The minimum absolute atomic E-state index is 0.261. The zero-order valence-electron chi connectivity index (χ0n) is 7.61. The van der Waals surface area contributed by atoms with E-state index in [2.05, 4.69) is 9.88 Å². The van der Waals surface area contributed by atoms with Crippen molar-refractivity contribution in [2.45, 2.75) is 19.4 Å². The second-order valence-corrected chi connectivity index (χ2v) is 3.53. The highest BCUT2D eigenvalue weighted by atomic mass is 16.3. The number of rotatable bonds is 2. The number of hydrogen-bond acceptors (Lipinski definition) is 3. The van der Waals surface area contributed by atoms with Crippen LogP contribution in [-0.4, -0.2) is 28.1 Å². The molecule has 0 spiro atoms. The molecular formula is C10H14N2O. The SMILES string of the molecule is Oc1cncc(CN2CCCC2)c1. The zero-order chi connectivity index (χ0) is 9.10. The summed E-state index contributed by atoms with van der Waals surface area (Å²) in [6.07, 6.45) is 5.88. The number of aromatic nitrogens is 1. The maximum Gasteiger partial charge on any atom is 0.134 e. The average molecular weight is 178 g/mol. The smallest absolute Gasteiger partial charge is 0.134 e. The van der Waals surface area contributed by atoms with E-state index >= 15 is 0 Å². The summed E-state index contributed by atoms with van der Waals surface area (Å²) in [5, 5.41) is 9.21. The highest BCUT2D eigenvalue weighted by molar-refractivity contribution is 5.21. The maximum atomic E-state index is 9.21. The van der Waals surface area contributed by atoms with Crippen LogP contribution in [0.1, 0.15) is 18.4 Å². The van der Waals surface area contributed by atoms with E-state index in [1.54, 1.807) is 6.07 Å². The van der Waals surface area contributed by atoms with Crippen LogP contribution in [0.4, 0.5) is 0 Å². The summed E-state index contributed by atoms with van der Waals surface area (Å²) in [6.45, 7) is 3.27. The molecule has 0 bridgehead atoms. The Bertz CT molecular complexity index is 282. The first kappa shape index (κ1) is 8.51. The molecule has 2 heterocycles. The fourth-order valence-corrected chi connectivity index (χ4v) is 1.76. The Morgan fingerprint density at radius 3 is 2.77 bits per heavy atom. The molecule has 3 nitrogen and oxygen atoms in total. The summed E-state index contributed by atoms with van der Waals surface area (Å²) < 4.78 is 0. The molecule has 0 amide bonds. The molecule has 0 atom stereocenters. The lowest BCUT2D eigenvalue weighted by Crippen LogP contribution is -2.18. The number of pyridine rings is 1. The predicted molar refractivity (Wildman–Crippen MR) is 50.4 cm³/mol. The second-order valence-electron chi connectivity index (χ2n) is 3.53. The van der Waals surface area contributed by atoms with E-state index < -0.39 is 0 Å². The van der Waals surface area contributed by atoms with E-state index in [1.807, 2.05) is 6.20 Å². The van der Waals surface area contributed by atoms with E-state index in [1.165, 1.54) is 32.1 Å². The van der Waals surface area contributed by atoms with Crippen LogP contribution in [0.25, 0.3) is 0 Å². The Balaban J connectivity index is 2.00. The lowest BCUT2D eigenvalue weighted by Gasteiger charge is -2.13. The molecule has 1 aromatic heterocycles. The summed E-state index contributed by atoms with van der Waals surface area (Å²) in [6, 6.07) is 1.78. The lowest BCUT2D eigenvalue weighted by atomic mass is 10.2. The fraction of sp³-hybridized carbons (Fsp3) is 0.500. The molecule has 1 fully saturated rings. The quantitative estimate of drug-likeness (QED) is 0.743. The molecule has 13 heavy (non-hydrogen) atoms. The molecule has 0 aromatic carbocycles. The topological polar surface area (TPSA) is 36.4 Å². The van der Waals surface area contributed by atoms with Crippen molar-refractivity contribution >= 4 is 0 Å². The minimum atomic E-state index is 0.261. The van der Waals surface area contributed by atoms with Crippen molar-refractivity contribution in [1.29, 1.82) is 0 Å². The molecule has 2 rings (SSSR count). The van der Waals surface area contributed by atoms with Crippen molar-refractivity contribution in [1.82, 2.24) is 9.88 Å². The van der Waals surface area contributed by atoms with Gasteiger partial charge in [0.25, 0.3) is 0 Å². The van der Waals surface area contributed by atoms with Gasteiger partial charge in [0, 0.05) is 12.7 Å². The largest absolute Gasteiger partial charge is 0.506 e. The first-order valence-corrected chi connectivity index (χ1v) is 4.70. The molecule has 1 N–H and O–H groups in total. The van der Waals surface area contributed by atoms with Crippen LogP contribution in [0.2, 0.25) is 0 Å². The van der Waals surface area contributed by atoms with Crippen molar-refractivity contribution in [3.63, 3.8) is 0 Å². The van der Waals surface area contributed by atoms with Crippen LogP contribution in [0, 0.1) is 0 Å². The summed E-state index contributed by atoms with van der Waals surface area (Å²) >= 11 is 0. The van der Waals surface area contributed by atoms with Gasteiger partial charge in [0.05, 0.1) is 6.20 Å². The van der Waals surface area contributed by atoms with Crippen LogP contribution >= 0.6 is 0 Å². The van der Waals surface area contributed by atoms with Crippen molar-refractivity contribution in [2.75, 3.05) is 13.1 Å². The highest BCUT2D eigenvalue weighted by Crippen LogP contribution is 2.14. The molecule has 0 radical (unpaired) electrons. The summed E-state index contributed by atoms with van der Waals surface area (Å²) in [5.41, 5.74) is 1.10. The van der Waals surface area contributed by atoms with Gasteiger partial charge in [-0.05, 0) is 37.6 Å². The van der Waals surface area contributed by atoms with Gasteiger partial charge in [-0.25, -0.2) is 0 Å². The number of likely N-dealkylation sites (tertiary alicyclic amines) is 1. The van der Waals surface area contributed by atoms with E-state index in [-0.39, 0.29) is 5.75 Å². The van der Waals surface area contributed by atoms with Gasteiger partial charge < -0.3 is 5.11 Å². The number of nitrogens with zero attached hydrogens (tertiary/aromatic N) is 2. The van der Waals surface area contributed by atoms with Gasteiger partial charge in [-0.1, -0.05) is 0 Å². The maximum absolute atomic E-state index is 9.21. The number of hydrogen-bond donors (Lipinski definition) is 1. The van der Waals surface area contributed by atoms with E-state index in [0.29, 0.717) is 0 Å². The van der Waals surface area contributed by atoms with Crippen LogP contribution < -0.4 is 0 Å². The third kappa shape index (κ3) is 2.18. The molecule has 3 heteroatoms. The highest BCUT2D eigenvalue weighted by Gasteiger charge is 2.11. The monoisotopic (exact) mass is 178 g/mol. The van der Waals surface area contributed by atoms with Gasteiger partial charge in [-0.3, -0.25) is 9.88 Å². The third-order valence-corrected chi connectivity index (χ3v) is 2.39. The average Bonchev–Trinajstić information content (AvgIpc) is 2.57. The first-order chi connectivity index (χ1) is 6.34. The third-order valence-electron chi connectivity index (χ3n) is 2.39. The summed E-state index contributed by atoms with van der Waals surface area (Å²) in [5.74, 6) is 0.261. The zero-order valence-corrected chi connectivity index (χ0v) is 7.61. The molecule has 1 aliphatic rings. The van der Waals surface area contributed by atoms with Crippen molar-refractivity contribution in [2.24, 2.45) is 0 Å². The fourth-order valence-electron chi connectivity index (χ4n) is 1.76. The molecule has 0 aliphatic carbocycles. The van der Waals surface area contributed by atoms with E-state index in [0.717, 1.165) is 12.1 Å². The summed E-state index contributed by atoms with van der Waals surface area (Å²) in [4.78, 5) is 6.33. The number of aromatic hydroxyl groups is 1. The lowest BCUT2D eigenvalue weighted by molar-refractivity contribution is 0.330. The van der Waals surface area contributed by atoms with Gasteiger partial charge in [0.2, 0.25) is 0 Å². The Labute approximate surface area is 78.0 Å². The Morgan fingerprint density at radius 1 is 1.31 bits per heavy atom. The molecule has 70 valence electrons. The van der Waals surface area contributed by atoms with E-state index in [4.69, 9.17) is 0 Å². The van der Waals surface area contributed by atoms with Crippen LogP contribution in [0.5, 0.6) is 5.75 Å².